The smallest absolute Gasteiger partial charge is 0.476 e. The number of nitrogens with one attached hydrogen (secondary N) is 4. The number of halogens is 3. The van der Waals surface area contributed by atoms with Crippen molar-refractivity contribution in [3.63, 3.8) is 0 Å². The number of amides is 3. The number of hydrogen-bond acceptors (Lipinski definition) is 7. The van der Waals surface area contributed by atoms with Gasteiger partial charge in [0.15, 0.2) is 0 Å². The zero-order valence-corrected chi connectivity index (χ0v) is 20.9. The number of benzene rings is 3. The Labute approximate surface area is 228 Å². The van der Waals surface area contributed by atoms with Crippen LogP contribution in [0.15, 0.2) is 73.3 Å². The first-order valence-electron chi connectivity index (χ1n) is 11.6. The molecule has 0 atom stereocenters. The highest BCUT2D eigenvalue weighted by Gasteiger charge is 2.31. The monoisotopic (exact) mass is 568 g/mol. The molecule has 4 N–H and O–H groups in total. The van der Waals surface area contributed by atoms with E-state index in [4.69, 9.17) is 4.74 Å². The summed E-state index contributed by atoms with van der Waals surface area (Å²) in [5, 5.41) is 27.0. The van der Waals surface area contributed by atoms with E-state index in [0.717, 1.165) is 12.1 Å². The van der Waals surface area contributed by atoms with Crippen LogP contribution in [0.1, 0.15) is 5.56 Å². The van der Waals surface area contributed by atoms with Gasteiger partial charge in [-0.2, -0.15) is 18.5 Å². The molecule has 0 fully saturated rings. The van der Waals surface area contributed by atoms with Crippen molar-refractivity contribution in [2.45, 2.75) is 6.18 Å². The lowest BCUT2D eigenvalue weighted by Crippen LogP contribution is -2.31. The Bertz CT molecular complexity index is 1720. The van der Waals surface area contributed by atoms with E-state index in [-0.39, 0.29) is 22.8 Å². The van der Waals surface area contributed by atoms with Crippen molar-refractivity contribution in [3.8, 4) is 17.2 Å². The summed E-state index contributed by atoms with van der Waals surface area (Å²) in [5.41, 5.74) is 0.139. The molecule has 3 amide bonds. The fourth-order valence-corrected chi connectivity index (χ4v) is 3.77. The van der Waals surface area contributed by atoms with E-state index in [1.807, 2.05) is 0 Å². The van der Waals surface area contributed by atoms with Gasteiger partial charge in [-0.25, -0.2) is 19.3 Å². The van der Waals surface area contributed by atoms with Crippen LogP contribution in [-0.2, 0) is 10.9 Å². The second kappa shape index (κ2) is 10.8. The SMILES string of the molecule is COC(=O)Nc1[nH]c2ccc(Oc3ccc(NC(=O)Nc4cc(C(F)(F)F)ccc4-n4cnnc4)cc3)cc2[n+]1[O-]. The fraction of sp³-hybridized carbons (Fsp3) is 0.0800. The predicted molar refractivity (Wildman–Crippen MR) is 139 cm³/mol. The minimum Gasteiger partial charge on any atom is -0.740 e. The van der Waals surface area contributed by atoms with Gasteiger partial charge in [0.25, 0.3) is 0 Å². The first kappa shape index (κ1) is 26.8. The molecule has 0 aliphatic rings. The van der Waals surface area contributed by atoms with Crippen LogP contribution in [0.3, 0.4) is 0 Å². The molecule has 0 saturated heterocycles. The van der Waals surface area contributed by atoms with Gasteiger partial charge in [0.05, 0.1) is 24.0 Å². The number of anilines is 3. The third kappa shape index (κ3) is 5.95. The summed E-state index contributed by atoms with van der Waals surface area (Å²) >= 11 is 0. The molecule has 210 valence electrons. The lowest BCUT2D eigenvalue weighted by molar-refractivity contribution is -0.560. The Morgan fingerprint density at radius 1 is 0.951 bits per heavy atom. The van der Waals surface area contributed by atoms with Gasteiger partial charge < -0.3 is 25.3 Å². The van der Waals surface area contributed by atoms with E-state index in [9.17, 15) is 28.0 Å². The van der Waals surface area contributed by atoms with E-state index in [1.165, 1.54) is 48.6 Å². The van der Waals surface area contributed by atoms with Gasteiger partial charge in [-0.15, -0.1) is 10.2 Å². The largest absolute Gasteiger partial charge is 0.740 e. The average molecular weight is 568 g/mol. The van der Waals surface area contributed by atoms with Crippen molar-refractivity contribution in [2.75, 3.05) is 23.1 Å². The third-order valence-electron chi connectivity index (χ3n) is 5.67. The molecular weight excluding hydrogens is 549 g/mol. The molecule has 5 rings (SSSR count). The normalized spacial score (nSPS) is 11.2. The van der Waals surface area contributed by atoms with E-state index in [1.54, 1.807) is 24.3 Å². The molecule has 2 heterocycles. The number of carbonyl (C=O) groups is 2. The van der Waals surface area contributed by atoms with Gasteiger partial charge >= 0.3 is 24.2 Å². The zero-order valence-electron chi connectivity index (χ0n) is 20.9. The van der Waals surface area contributed by atoms with Gasteiger partial charge in [0, 0.05) is 11.8 Å². The number of hydrogen-bond donors (Lipinski definition) is 4. The summed E-state index contributed by atoms with van der Waals surface area (Å²) in [4.78, 5) is 26.8. The summed E-state index contributed by atoms with van der Waals surface area (Å²) < 4.78 is 51.9. The van der Waals surface area contributed by atoms with Gasteiger partial charge in [0.2, 0.25) is 0 Å². The molecule has 5 aromatic rings. The molecule has 2 aromatic heterocycles. The van der Waals surface area contributed by atoms with E-state index in [0.29, 0.717) is 27.4 Å². The fourth-order valence-electron chi connectivity index (χ4n) is 3.77. The van der Waals surface area contributed by atoms with Crippen molar-refractivity contribution < 1.29 is 37.0 Å². The highest BCUT2D eigenvalue weighted by Crippen LogP contribution is 2.33. The molecule has 0 unspecified atom stereocenters. The highest BCUT2D eigenvalue weighted by molar-refractivity contribution is 6.01. The summed E-state index contributed by atoms with van der Waals surface area (Å²) in [6, 6.07) is 12.9. The van der Waals surface area contributed by atoms with Crippen LogP contribution < -0.4 is 25.4 Å². The highest BCUT2D eigenvalue weighted by atomic mass is 19.4. The maximum Gasteiger partial charge on any atom is 0.476 e. The first-order valence-corrected chi connectivity index (χ1v) is 11.6. The van der Waals surface area contributed by atoms with Crippen LogP contribution in [0.4, 0.5) is 40.1 Å². The number of carbonyl (C=O) groups excluding carboxylic acids is 2. The number of urea groups is 1. The van der Waals surface area contributed by atoms with Crippen LogP contribution in [0.25, 0.3) is 16.7 Å². The van der Waals surface area contributed by atoms with E-state index < -0.39 is 23.9 Å². The second-order valence-corrected chi connectivity index (χ2v) is 8.37. The van der Waals surface area contributed by atoms with Crippen LogP contribution in [-0.4, -0.2) is 39.0 Å². The molecule has 41 heavy (non-hydrogen) atoms. The van der Waals surface area contributed by atoms with Crippen LogP contribution >= 0.6 is 0 Å². The number of methoxy groups -OCH3 is 1. The van der Waals surface area contributed by atoms with Crippen molar-refractivity contribution in [1.82, 2.24) is 19.7 Å². The molecule has 0 spiro atoms. The maximum atomic E-state index is 13.3. The number of nitrogens with zero attached hydrogens (tertiary/aromatic N) is 4. The van der Waals surface area contributed by atoms with E-state index in [2.05, 4.69) is 35.9 Å². The number of ether oxygens (including phenoxy) is 2. The third-order valence-corrected chi connectivity index (χ3v) is 5.67. The number of aromatic nitrogens is 5. The lowest BCUT2D eigenvalue weighted by atomic mass is 10.1. The van der Waals surface area contributed by atoms with Crippen LogP contribution in [0, 0.1) is 5.21 Å². The Balaban J connectivity index is 1.27. The Hall–Kier alpha value is -5.80. The van der Waals surface area contributed by atoms with Crippen molar-refractivity contribution in [3.05, 3.63) is 84.1 Å². The maximum absolute atomic E-state index is 13.3. The summed E-state index contributed by atoms with van der Waals surface area (Å²) in [6.45, 7) is 0. The quantitative estimate of drug-likeness (QED) is 0.165. The predicted octanol–water partition coefficient (Wildman–Crippen LogP) is 5.02. The van der Waals surface area contributed by atoms with Gasteiger partial charge in [-0.05, 0) is 54.6 Å². The second-order valence-electron chi connectivity index (χ2n) is 8.37. The topological polar surface area (TPSA) is 162 Å². The van der Waals surface area contributed by atoms with Crippen molar-refractivity contribution in [1.29, 1.82) is 0 Å². The Morgan fingerprint density at radius 3 is 2.34 bits per heavy atom. The van der Waals surface area contributed by atoms with Crippen molar-refractivity contribution in [2.24, 2.45) is 0 Å². The standard InChI is InChI=1S/C25H19F3N8O5/c1-40-24(38)34-22-32-18-8-7-17(11-21(18)36(22)39)41-16-5-3-15(4-6-16)31-23(37)33-19-10-14(25(26,27)28)2-9-20(19)35-12-29-30-13-35/h2-13,32H,1H3,(H,34,38)(H2,31,33,37). The number of H-pyrrole nitrogens is 1. The number of rotatable bonds is 6. The summed E-state index contributed by atoms with van der Waals surface area (Å²) in [6.07, 6.45) is -2.86. The molecule has 16 heteroatoms. The number of aromatic amines is 1. The summed E-state index contributed by atoms with van der Waals surface area (Å²) in [7, 11) is 1.17. The molecule has 0 aliphatic carbocycles. The molecule has 0 bridgehead atoms. The number of fused-ring (bicyclic) bond motifs is 1. The summed E-state index contributed by atoms with van der Waals surface area (Å²) in [5.74, 6) is 0.552. The van der Waals surface area contributed by atoms with Gasteiger partial charge in [0.1, 0.15) is 35.2 Å². The molecular formula is C25H19F3N8O5. The molecule has 0 radical (unpaired) electrons. The van der Waals surface area contributed by atoms with Crippen molar-refractivity contribution >= 4 is 40.5 Å². The zero-order chi connectivity index (χ0) is 29.1. The Kier molecular flexibility index (Phi) is 7.03. The minimum absolute atomic E-state index is 0.113. The number of alkyl halides is 3. The molecule has 0 saturated carbocycles. The first-order chi connectivity index (χ1) is 19.6. The molecule has 3 aromatic carbocycles. The van der Waals surface area contributed by atoms with E-state index >= 15 is 0 Å². The molecule has 13 nitrogen and oxygen atoms in total. The number of imidazole rings is 1. The van der Waals surface area contributed by atoms with Gasteiger partial charge in [-0.3, -0.25) is 4.57 Å². The Morgan fingerprint density at radius 2 is 1.66 bits per heavy atom. The van der Waals surface area contributed by atoms with Crippen LogP contribution in [0.2, 0.25) is 0 Å². The average Bonchev–Trinajstić information content (AvgIpc) is 3.58. The lowest BCUT2D eigenvalue weighted by Gasteiger charge is -2.15. The van der Waals surface area contributed by atoms with Crippen LogP contribution in [0.5, 0.6) is 11.5 Å². The minimum atomic E-state index is -4.61. The van der Waals surface area contributed by atoms with Gasteiger partial charge in [-0.1, -0.05) is 0 Å². The molecule has 0 aliphatic heterocycles.